The van der Waals surface area contributed by atoms with E-state index in [1.807, 2.05) is 5.32 Å². The normalized spacial score (nSPS) is 15.6. The quantitative estimate of drug-likeness (QED) is 0.749. The molecule has 4 nitrogen and oxygen atoms in total. The first-order valence-corrected chi connectivity index (χ1v) is 4.53. The molecule has 0 aromatic heterocycles. The van der Waals surface area contributed by atoms with Gasteiger partial charge < -0.3 is 14.6 Å². The van der Waals surface area contributed by atoms with Crippen molar-refractivity contribution in [2.24, 2.45) is 0 Å². The molecule has 1 rings (SSSR count). The zero-order valence-corrected chi connectivity index (χ0v) is 8.91. The molecule has 0 amide bonds. The summed E-state index contributed by atoms with van der Waals surface area (Å²) in [4.78, 5) is 0. The molecule has 0 heterocycles. The first kappa shape index (κ1) is 12.8. The van der Waals surface area contributed by atoms with Gasteiger partial charge in [-0.1, -0.05) is 18.2 Å². The highest BCUT2D eigenvalue weighted by Crippen LogP contribution is 2.30. The Balaban J connectivity index is 2.86. The van der Waals surface area contributed by atoms with Crippen LogP contribution in [0.4, 0.5) is 8.78 Å². The second-order valence-electron chi connectivity index (χ2n) is 3.03. The molecule has 1 unspecified atom stereocenters. The van der Waals surface area contributed by atoms with Gasteiger partial charge in [-0.25, -0.2) is 0 Å². The number of aliphatic hydroxyl groups is 1. The summed E-state index contributed by atoms with van der Waals surface area (Å²) in [6.45, 7) is 0. The van der Waals surface area contributed by atoms with Gasteiger partial charge in [0.05, 0.1) is 0 Å². The Labute approximate surface area is 91.8 Å². The standard InChI is InChI=1S/C10H13F2NO3/c1-13-10(14,15-2)9(11,12)16-8-6-4-3-5-7-8/h3-7,13-14H,1-2H3. The molecule has 0 aliphatic rings. The number of alkyl halides is 2. The molecule has 0 saturated carbocycles. The molecule has 2 N–H and O–H groups in total. The monoisotopic (exact) mass is 233 g/mol. The molecule has 0 radical (unpaired) electrons. The Morgan fingerprint density at radius 2 is 1.81 bits per heavy atom. The van der Waals surface area contributed by atoms with E-state index in [2.05, 4.69) is 9.47 Å². The van der Waals surface area contributed by atoms with Crippen molar-refractivity contribution in [3.63, 3.8) is 0 Å². The Morgan fingerprint density at radius 1 is 1.25 bits per heavy atom. The predicted octanol–water partition coefficient (Wildman–Crippen LogP) is 1.17. The predicted molar refractivity (Wildman–Crippen MR) is 53.0 cm³/mol. The van der Waals surface area contributed by atoms with E-state index in [-0.39, 0.29) is 5.75 Å². The number of methoxy groups -OCH3 is 1. The van der Waals surface area contributed by atoms with Gasteiger partial charge in [0.25, 0.3) is 0 Å². The third-order valence-corrected chi connectivity index (χ3v) is 2.02. The molecule has 1 aromatic rings. The fourth-order valence-corrected chi connectivity index (χ4v) is 1.07. The number of nitrogens with one attached hydrogen (secondary N) is 1. The Bertz CT molecular complexity index is 328. The minimum atomic E-state index is -3.92. The van der Waals surface area contributed by atoms with Crippen LogP contribution in [0.2, 0.25) is 0 Å². The second kappa shape index (κ2) is 4.73. The molecule has 16 heavy (non-hydrogen) atoms. The molecule has 6 heteroatoms. The van der Waals surface area contributed by atoms with E-state index in [0.717, 1.165) is 14.2 Å². The van der Waals surface area contributed by atoms with Gasteiger partial charge in [0.15, 0.2) is 0 Å². The number of rotatable bonds is 5. The largest absolute Gasteiger partial charge is 0.470 e. The summed E-state index contributed by atoms with van der Waals surface area (Å²) < 4.78 is 35.7. The van der Waals surface area contributed by atoms with E-state index in [4.69, 9.17) is 0 Å². The van der Waals surface area contributed by atoms with Gasteiger partial charge in [-0.05, 0) is 19.2 Å². The maximum atomic E-state index is 13.5. The van der Waals surface area contributed by atoms with Crippen LogP contribution in [-0.4, -0.2) is 31.3 Å². The summed E-state index contributed by atoms with van der Waals surface area (Å²) in [6, 6.07) is 7.43. The number of benzene rings is 1. The lowest BCUT2D eigenvalue weighted by Gasteiger charge is -2.32. The SMILES string of the molecule is CNC(O)(OC)C(F)(F)Oc1ccccc1. The van der Waals surface area contributed by atoms with Crippen molar-refractivity contribution in [1.82, 2.24) is 5.32 Å². The molecular formula is C10H13F2NO3. The van der Waals surface area contributed by atoms with Crippen LogP contribution in [-0.2, 0) is 4.74 Å². The van der Waals surface area contributed by atoms with E-state index < -0.39 is 12.0 Å². The summed E-state index contributed by atoms with van der Waals surface area (Å²) in [5.74, 6) is -2.94. The van der Waals surface area contributed by atoms with Crippen molar-refractivity contribution in [3.05, 3.63) is 30.3 Å². The number of likely N-dealkylation sites (N-methyl/N-ethyl adjacent to an activating group) is 1. The van der Waals surface area contributed by atoms with E-state index in [9.17, 15) is 13.9 Å². The fourth-order valence-electron chi connectivity index (χ4n) is 1.07. The molecular weight excluding hydrogens is 220 g/mol. The Morgan fingerprint density at radius 3 is 2.25 bits per heavy atom. The molecule has 0 saturated heterocycles. The van der Waals surface area contributed by atoms with Gasteiger partial charge in [-0.3, -0.25) is 5.32 Å². The zero-order chi connectivity index (χ0) is 12.2. The zero-order valence-electron chi connectivity index (χ0n) is 8.91. The lowest BCUT2D eigenvalue weighted by molar-refractivity contribution is -0.387. The van der Waals surface area contributed by atoms with Crippen molar-refractivity contribution in [2.45, 2.75) is 12.0 Å². The summed E-state index contributed by atoms with van der Waals surface area (Å²) in [6.07, 6.45) is -3.92. The number of ether oxygens (including phenoxy) is 2. The third kappa shape index (κ3) is 2.46. The highest BCUT2D eigenvalue weighted by atomic mass is 19.3. The van der Waals surface area contributed by atoms with Crippen LogP contribution in [0.3, 0.4) is 0 Å². The van der Waals surface area contributed by atoms with E-state index in [1.54, 1.807) is 6.07 Å². The van der Waals surface area contributed by atoms with Crippen molar-refractivity contribution in [3.8, 4) is 5.75 Å². The summed E-state index contributed by atoms with van der Waals surface area (Å²) in [5, 5.41) is 11.4. The number of hydrogen-bond donors (Lipinski definition) is 2. The molecule has 0 aliphatic carbocycles. The van der Waals surface area contributed by atoms with Crippen molar-refractivity contribution >= 4 is 0 Å². The number of halogens is 2. The lowest BCUT2D eigenvalue weighted by Crippen LogP contribution is -2.61. The van der Waals surface area contributed by atoms with Crippen LogP contribution in [0.15, 0.2) is 30.3 Å². The van der Waals surface area contributed by atoms with Gasteiger partial charge in [0.2, 0.25) is 0 Å². The topological polar surface area (TPSA) is 50.7 Å². The smallest absolute Gasteiger partial charge is 0.427 e. The average Bonchev–Trinajstić information content (AvgIpc) is 2.28. The number of hydrogen-bond acceptors (Lipinski definition) is 4. The fraction of sp³-hybridized carbons (Fsp3) is 0.400. The molecule has 0 fully saturated rings. The van der Waals surface area contributed by atoms with Gasteiger partial charge in [0, 0.05) is 7.11 Å². The summed E-state index contributed by atoms with van der Waals surface area (Å²) in [5.41, 5.74) is 0. The van der Waals surface area contributed by atoms with E-state index >= 15 is 0 Å². The molecule has 90 valence electrons. The van der Waals surface area contributed by atoms with E-state index in [0.29, 0.717) is 0 Å². The first-order chi connectivity index (χ1) is 7.45. The van der Waals surface area contributed by atoms with Crippen LogP contribution < -0.4 is 10.1 Å². The average molecular weight is 233 g/mol. The Kier molecular flexibility index (Phi) is 3.79. The summed E-state index contributed by atoms with van der Waals surface area (Å²) >= 11 is 0. The van der Waals surface area contributed by atoms with Crippen LogP contribution in [0.25, 0.3) is 0 Å². The molecule has 0 spiro atoms. The molecule has 1 atom stereocenters. The van der Waals surface area contributed by atoms with E-state index in [1.165, 1.54) is 24.3 Å². The van der Waals surface area contributed by atoms with Gasteiger partial charge >= 0.3 is 12.0 Å². The van der Waals surface area contributed by atoms with Gasteiger partial charge in [-0.15, -0.1) is 0 Å². The van der Waals surface area contributed by atoms with Gasteiger partial charge in [-0.2, -0.15) is 8.78 Å². The highest BCUT2D eigenvalue weighted by molar-refractivity contribution is 5.21. The second-order valence-corrected chi connectivity index (χ2v) is 3.03. The maximum absolute atomic E-state index is 13.5. The molecule has 0 aliphatic heterocycles. The van der Waals surface area contributed by atoms with Crippen molar-refractivity contribution in [1.29, 1.82) is 0 Å². The van der Waals surface area contributed by atoms with Crippen molar-refractivity contribution in [2.75, 3.05) is 14.2 Å². The van der Waals surface area contributed by atoms with Crippen LogP contribution in [0.1, 0.15) is 0 Å². The van der Waals surface area contributed by atoms with Crippen molar-refractivity contribution < 1.29 is 23.4 Å². The van der Waals surface area contributed by atoms with Crippen LogP contribution in [0.5, 0.6) is 5.75 Å². The van der Waals surface area contributed by atoms with Gasteiger partial charge in [0.1, 0.15) is 5.75 Å². The third-order valence-electron chi connectivity index (χ3n) is 2.02. The highest BCUT2D eigenvalue weighted by Gasteiger charge is 2.56. The van der Waals surface area contributed by atoms with Crippen LogP contribution in [0, 0.1) is 0 Å². The number of para-hydroxylation sites is 1. The molecule has 1 aromatic carbocycles. The minimum Gasteiger partial charge on any atom is -0.427 e. The molecule has 0 bridgehead atoms. The maximum Gasteiger partial charge on any atom is 0.470 e. The Hall–Kier alpha value is -1.24. The van der Waals surface area contributed by atoms with Crippen LogP contribution >= 0.6 is 0 Å². The first-order valence-electron chi connectivity index (χ1n) is 4.53. The summed E-state index contributed by atoms with van der Waals surface area (Å²) in [7, 11) is 2.07. The lowest BCUT2D eigenvalue weighted by atomic mass is 10.3. The minimum absolute atomic E-state index is 0.0711.